The lowest BCUT2D eigenvalue weighted by Crippen LogP contribution is -2.73. The maximum Gasteiger partial charge on any atom is 0.393 e. The summed E-state index contributed by atoms with van der Waals surface area (Å²) in [6.07, 6.45) is 0. The maximum atomic E-state index is 13.8. The number of halogens is 15. The number of benzene rings is 1. The first-order valence-electron chi connectivity index (χ1n) is 7.72. The van der Waals surface area contributed by atoms with Crippen molar-refractivity contribution in [1.82, 2.24) is 0 Å². The fourth-order valence-electron chi connectivity index (χ4n) is 2.02. The maximum absolute atomic E-state index is 13.8. The van der Waals surface area contributed by atoms with Crippen molar-refractivity contribution >= 4 is 23.2 Å². The van der Waals surface area contributed by atoms with E-state index < -0.39 is 52.5 Å². The zero-order valence-electron chi connectivity index (χ0n) is 15.3. The lowest BCUT2D eigenvalue weighted by atomic mass is 9.91. The van der Waals surface area contributed by atoms with Crippen LogP contribution < -0.4 is 10.1 Å². The monoisotopic (exact) mass is 535 g/mol. The molecule has 0 aromatic heterocycles. The number of rotatable bonds is 9. The third-order valence-electron chi connectivity index (χ3n) is 3.94. The van der Waals surface area contributed by atoms with Crippen LogP contribution in [-0.2, 0) is 4.79 Å². The summed E-state index contributed by atoms with van der Waals surface area (Å²) in [4.78, 5) is 11.4. The van der Waals surface area contributed by atoms with Crippen LogP contribution in [-0.4, -0.2) is 53.9 Å². The average Bonchev–Trinajstić information content (AvgIpc) is 2.66. The van der Waals surface area contributed by atoms with Crippen molar-refractivity contribution < 1.29 is 71.0 Å². The van der Waals surface area contributed by atoms with E-state index in [0.717, 1.165) is 24.6 Å². The molecule has 0 heterocycles. The number of carbonyl (C=O) groups is 1. The summed E-state index contributed by atoms with van der Waals surface area (Å²) in [5.41, 5.74) is -0.872. The van der Waals surface area contributed by atoms with Crippen LogP contribution >= 0.6 is 11.6 Å². The minimum Gasteiger partial charge on any atom is -0.497 e. The first-order chi connectivity index (χ1) is 14.4. The molecule has 1 N–H and O–H groups in total. The molecule has 18 heteroatoms. The van der Waals surface area contributed by atoms with Gasteiger partial charge in [-0.05, 0) is 23.7 Å². The predicted octanol–water partition coefficient (Wildman–Crippen LogP) is 6.28. The van der Waals surface area contributed by atoms with Crippen LogP contribution in [0.4, 0.5) is 67.2 Å². The van der Waals surface area contributed by atoms with Crippen molar-refractivity contribution in [2.45, 2.75) is 40.9 Å². The molecular formula is C15H8ClF14NO2. The first-order valence-corrected chi connectivity index (χ1v) is 8.10. The van der Waals surface area contributed by atoms with Gasteiger partial charge in [0.15, 0.2) is 0 Å². The summed E-state index contributed by atoms with van der Waals surface area (Å²) in [6, 6.07) is 3.35. The Labute approximate surface area is 178 Å². The van der Waals surface area contributed by atoms with Gasteiger partial charge in [0, 0.05) is 11.8 Å². The quantitative estimate of drug-likeness (QED) is 0.299. The van der Waals surface area contributed by atoms with Gasteiger partial charge >= 0.3 is 46.8 Å². The van der Waals surface area contributed by atoms with E-state index in [1.807, 2.05) is 0 Å². The van der Waals surface area contributed by atoms with Crippen molar-refractivity contribution in [2.24, 2.45) is 0 Å². The van der Waals surface area contributed by atoms with Crippen molar-refractivity contribution in [3.63, 3.8) is 0 Å². The highest BCUT2D eigenvalue weighted by Gasteiger charge is 2.93. The minimum absolute atomic E-state index is 0.233. The van der Waals surface area contributed by atoms with Gasteiger partial charge in [-0.1, -0.05) is 6.07 Å². The molecule has 3 nitrogen and oxygen atoms in total. The number of alkyl halides is 15. The second-order valence-electron chi connectivity index (χ2n) is 6.13. The Morgan fingerprint density at radius 2 is 1.18 bits per heavy atom. The van der Waals surface area contributed by atoms with E-state index in [1.165, 1.54) is 0 Å². The fourth-order valence-corrected chi connectivity index (χ4v) is 2.14. The highest BCUT2D eigenvalue weighted by molar-refractivity contribution is 6.22. The smallest absolute Gasteiger partial charge is 0.393 e. The average molecular weight is 536 g/mol. The largest absolute Gasteiger partial charge is 0.497 e. The van der Waals surface area contributed by atoms with E-state index in [0.29, 0.717) is 12.1 Å². The Balaban J connectivity index is 3.48. The molecule has 190 valence electrons. The molecule has 1 amide bonds. The molecule has 0 saturated heterocycles. The van der Waals surface area contributed by atoms with Crippen molar-refractivity contribution in [2.75, 3.05) is 12.4 Å². The predicted molar refractivity (Wildman–Crippen MR) is 82.1 cm³/mol. The Morgan fingerprint density at radius 1 is 0.758 bits per heavy atom. The van der Waals surface area contributed by atoms with Crippen LogP contribution in [0.2, 0.25) is 0 Å². The van der Waals surface area contributed by atoms with Crippen molar-refractivity contribution in [3.8, 4) is 5.75 Å². The molecule has 0 atom stereocenters. The summed E-state index contributed by atoms with van der Waals surface area (Å²) < 4.78 is 191. The zero-order chi connectivity index (χ0) is 26.5. The van der Waals surface area contributed by atoms with Gasteiger partial charge in [-0.3, -0.25) is 4.79 Å². The summed E-state index contributed by atoms with van der Waals surface area (Å²) >= 11 is 3.48. The second kappa shape index (κ2) is 8.23. The Morgan fingerprint density at radius 3 is 1.61 bits per heavy atom. The normalized spacial score (nSPS) is 14.8. The SMILES string of the molecule is COc1cccc(NC(=O)C(F)(F)C(F)(F)C(F)(F)C(F)(F)C(F)(F)C(F)(F)C(F)(F)Cl)c1. The number of carbonyl (C=O) groups excluding carboxylic acids is 1. The third kappa shape index (κ3) is 4.23. The summed E-state index contributed by atoms with van der Waals surface area (Å²) in [5, 5.41) is -5.85. The molecular weight excluding hydrogens is 528 g/mol. The van der Waals surface area contributed by atoms with E-state index in [4.69, 9.17) is 0 Å². The molecule has 0 fully saturated rings. The molecule has 0 bridgehead atoms. The fraction of sp³-hybridized carbons (Fsp3) is 0.533. The van der Waals surface area contributed by atoms with Crippen LogP contribution in [0.15, 0.2) is 24.3 Å². The van der Waals surface area contributed by atoms with Gasteiger partial charge in [0.05, 0.1) is 7.11 Å². The number of ether oxygens (including phenoxy) is 1. The third-order valence-corrected chi connectivity index (χ3v) is 4.18. The van der Waals surface area contributed by atoms with E-state index in [-0.39, 0.29) is 5.75 Å². The zero-order valence-corrected chi connectivity index (χ0v) is 16.1. The van der Waals surface area contributed by atoms with Gasteiger partial charge in [-0.2, -0.15) is 61.5 Å². The van der Waals surface area contributed by atoms with Crippen LogP contribution in [0.3, 0.4) is 0 Å². The molecule has 0 radical (unpaired) electrons. The van der Waals surface area contributed by atoms with E-state index in [9.17, 15) is 66.3 Å². The number of hydrogen-bond acceptors (Lipinski definition) is 2. The minimum atomic E-state index is -8.30. The number of anilines is 1. The molecule has 0 aliphatic carbocycles. The Hall–Kier alpha value is -2.20. The first kappa shape index (κ1) is 28.8. The lowest BCUT2D eigenvalue weighted by Gasteiger charge is -2.41. The molecule has 0 spiro atoms. The van der Waals surface area contributed by atoms with Gasteiger partial charge < -0.3 is 10.1 Å². The molecule has 1 rings (SSSR count). The molecule has 1 aromatic rings. The topological polar surface area (TPSA) is 38.3 Å². The van der Waals surface area contributed by atoms with Gasteiger partial charge in [0.2, 0.25) is 0 Å². The summed E-state index contributed by atoms with van der Waals surface area (Å²) in [6.45, 7) is 0. The van der Waals surface area contributed by atoms with Gasteiger partial charge in [-0.25, -0.2) is 0 Å². The molecule has 0 aliphatic rings. The van der Waals surface area contributed by atoms with E-state index in [1.54, 1.807) is 0 Å². The second-order valence-corrected chi connectivity index (χ2v) is 6.60. The van der Waals surface area contributed by atoms with Gasteiger partial charge in [-0.15, -0.1) is 0 Å². The number of nitrogens with one attached hydrogen (secondary N) is 1. The van der Waals surface area contributed by atoms with Gasteiger partial charge in [0.1, 0.15) is 5.75 Å². The number of amides is 1. The standard InChI is InChI=1S/C15H8ClF14NO2/c1-33-7-4-2-3-6(5-7)31-8(32)9(17,18)10(19,20)11(21,22)12(23,24)13(25,26)14(27,28)15(16,29)30/h2-5H,1H3,(H,31,32). The van der Waals surface area contributed by atoms with Crippen molar-refractivity contribution in [1.29, 1.82) is 0 Å². The molecule has 1 aromatic carbocycles. The van der Waals surface area contributed by atoms with Crippen LogP contribution in [0.5, 0.6) is 5.75 Å². The molecule has 33 heavy (non-hydrogen) atoms. The molecule has 0 unspecified atom stereocenters. The van der Waals surface area contributed by atoms with E-state index >= 15 is 0 Å². The molecule has 0 aliphatic heterocycles. The number of hydrogen-bond donors (Lipinski definition) is 1. The lowest BCUT2D eigenvalue weighted by molar-refractivity contribution is -0.431. The highest BCUT2D eigenvalue weighted by atomic mass is 35.5. The summed E-state index contributed by atoms with van der Waals surface area (Å²) in [7, 11) is 0.993. The highest BCUT2D eigenvalue weighted by Crippen LogP contribution is 2.62. The van der Waals surface area contributed by atoms with Crippen LogP contribution in [0.25, 0.3) is 0 Å². The van der Waals surface area contributed by atoms with Crippen LogP contribution in [0.1, 0.15) is 0 Å². The summed E-state index contributed by atoms with van der Waals surface area (Å²) in [5.74, 6) is -50.8. The van der Waals surface area contributed by atoms with E-state index in [2.05, 4.69) is 16.3 Å². The molecule has 0 saturated carbocycles. The van der Waals surface area contributed by atoms with Crippen molar-refractivity contribution in [3.05, 3.63) is 24.3 Å². The Bertz CT molecular complexity index is 884. The Kier molecular flexibility index (Phi) is 7.19. The van der Waals surface area contributed by atoms with Gasteiger partial charge in [0.25, 0.3) is 0 Å². The van der Waals surface area contributed by atoms with Crippen LogP contribution in [0, 0.1) is 0 Å². The number of methoxy groups -OCH3 is 1.